The fourth-order valence-corrected chi connectivity index (χ4v) is 2.93. The van der Waals surface area contributed by atoms with E-state index < -0.39 is 6.10 Å². The van der Waals surface area contributed by atoms with Crippen molar-refractivity contribution in [2.45, 2.75) is 18.6 Å². The maximum atomic E-state index is 10.5. The number of ether oxygens (including phenoxy) is 3. The SMILES string of the molecule is COC1=CC(OC)CC2=C1C(O)C=C(c1ccc(OC)cc1)N2. The molecular weight excluding hydrogens is 294 g/mol. The van der Waals surface area contributed by atoms with Gasteiger partial charge in [0.25, 0.3) is 0 Å². The van der Waals surface area contributed by atoms with Gasteiger partial charge in [-0.3, -0.25) is 0 Å². The summed E-state index contributed by atoms with van der Waals surface area (Å²) in [6.07, 6.45) is 3.57. The van der Waals surface area contributed by atoms with Crippen molar-refractivity contribution in [2.24, 2.45) is 0 Å². The van der Waals surface area contributed by atoms with Crippen LogP contribution in [0.5, 0.6) is 5.75 Å². The number of rotatable bonds is 4. The van der Waals surface area contributed by atoms with Crippen LogP contribution in [-0.4, -0.2) is 38.6 Å². The summed E-state index contributed by atoms with van der Waals surface area (Å²) in [6.45, 7) is 0. The Kier molecular flexibility index (Phi) is 4.41. The second kappa shape index (κ2) is 6.48. The van der Waals surface area contributed by atoms with E-state index in [1.54, 1.807) is 27.4 Å². The topological polar surface area (TPSA) is 60.0 Å². The van der Waals surface area contributed by atoms with Gasteiger partial charge in [-0.25, -0.2) is 0 Å². The number of hydrogen-bond donors (Lipinski definition) is 2. The molecule has 5 heteroatoms. The van der Waals surface area contributed by atoms with Gasteiger partial charge in [0.15, 0.2) is 0 Å². The average Bonchev–Trinajstić information content (AvgIpc) is 2.60. The third-order valence-electron chi connectivity index (χ3n) is 4.16. The second-order valence-electron chi connectivity index (χ2n) is 5.48. The highest BCUT2D eigenvalue weighted by Crippen LogP contribution is 2.34. The van der Waals surface area contributed by atoms with Crippen LogP contribution in [0.15, 0.2) is 53.4 Å². The molecule has 3 rings (SSSR count). The van der Waals surface area contributed by atoms with Crippen LogP contribution < -0.4 is 10.1 Å². The number of methoxy groups -OCH3 is 3. The molecule has 0 saturated carbocycles. The van der Waals surface area contributed by atoms with Crippen LogP contribution in [0.3, 0.4) is 0 Å². The van der Waals surface area contributed by atoms with Gasteiger partial charge in [-0.15, -0.1) is 0 Å². The van der Waals surface area contributed by atoms with Crippen molar-refractivity contribution < 1.29 is 19.3 Å². The van der Waals surface area contributed by atoms with E-state index in [1.807, 2.05) is 30.3 Å². The van der Waals surface area contributed by atoms with Crippen molar-refractivity contribution in [3.8, 4) is 5.75 Å². The zero-order chi connectivity index (χ0) is 16.4. The van der Waals surface area contributed by atoms with Crippen molar-refractivity contribution in [3.05, 3.63) is 59.0 Å². The highest BCUT2D eigenvalue weighted by Gasteiger charge is 2.30. The number of hydrogen-bond acceptors (Lipinski definition) is 5. The lowest BCUT2D eigenvalue weighted by Crippen LogP contribution is -2.32. The fourth-order valence-electron chi connectivity index (χ4n) is 2.93. The first-order valence-electron chi connectivity index (χ1n) is 7.49. The lowest BCUT2D eigenvalue weighted by molar-refractivity contribution is 0.128. The Morgan fingerprint density at radius 2 is 1.78 bits per heavy atom. The maximum absolute atomic E-state index is 10.5. The molecule has 2 aliphatic rings. The Labute approximate surface area is 135 Å². The van der Waals surface area contributed by atoms with Crippen LogP contribution in [0.2, 0.25) is 0 Å². The third kappa shape index (κ3) is 2.98. The van der Waals surface area contributed by atoms with Gasteiger partial charge in [-0.05, 0) is 42.0 Å². The van der Waals surface area contributed by atoms with E-state index in [1.165, 1.54) is 0 Å². The van der Waals surface area contributed by atoms with Crippen LogP contribution in [0.1, 0.15) is 12.0 Å². The molecule has 1 aliphatic carbocycles. The molecule has 0 saturated heterocycles. The summed E-state index contributed by atoms with van der Waals surface area (Å²) in [6, 6.07) is 7.71. The summed E-state index contributed by atoms with van der Waals surface area (Å²) in [5, 5.41) is 13.9. The molecule has 1 heterocycles. The fraction of sp³-hybridized carbons (Fsp3) is 0.333. The van der Waals surface area contributed by atoms with Crippen molar-refractivity contribution in [1.29, 1.82) is 0 Å². The summed E-state index contributed by atoms with van der Waals surface area (Å²) in [4.78, 5) is 0. The molecule has 23 heavy (non-hydrogen) atoms. The lowest BCUT2D eigenvalue weighted by atomic mass is 9.90. The van der Waals surface area contributed by atoms with E-state index in [0.717, 1.165) is 28.3 Å². The molecule has 2 unspecified atom stereocenters. The van der Waals surface area contributed by atoms with Gasteiger partial charge in [0.2, 0.25) is 0 Å². The smallest absolute Gasteiger partial charge is 0.125 e. The zero-order valence-corrected chi connectivity index (χ0v) is 13.5. The number of nitrogens with one attached hydrogen (secondary N) is 1. The zero-order valence-electron chi connectivity index (χ0n) is 13.5. The number of aliphatic hydroxyl groups excluding tert-OH is 1. The number of aliphatic hydroxyl groups is 1. The molecule has 0 amide bonds. The molecule has 1 aromatic carbocycles. The van der Waals surface area contributed by atoms with Gasteiger partial charge in [-0.2, -0.15) is 0 Å². The molecule has 0 fully saturated rings. The molecule has 0 aromatic heterocycles. The lowest BCUT2D eigenvalue weighted by Gasteiger charge is -2.32. The molecule has 1 aromatic rings. The molecule has 122 valence electrons. The minimum Gasteiger partial charge on any atom is -0.497 e. The maximum Gasteiger partial charge on any atom is 0.125 e. The monoisotopic (exact) mass is 315 g/mol. The quantitative estimate of drug-likeness (QED) is 0.892. The van der Waals surface area contributed by atoms with Gasteiger partial charge >= 0.3 is 0 Å². The predicted octanol–water partition coefficient (Wildman–Crippen LogP) is 2.20. The first-order valence-corrected chi connectivity index (χ1v) is 7.49. The van der Waals surface area contributed by atoms with Crippen LogP contribution in [0.4, 0.5) is 0 Å². The van der Waals surface area contributed by atoms with Crippen molar-refractivity contribution >= 4 is 5.70 Å². The molecule has 0 radical (unpaired) electrons. The number of benzene rings is 1. The minimum atomic E-state index is -0.715. The largest absolute Gasteiger partial charge is 0.497 e. The Hall–Kier alpha value is -2.24. The van der Waals surface area contributed by atoms with Crippen molar-refractivity contribution in [3.63, 3.8) is 0 Å². The first-order chi connectivity index (χ1) is 11.2. The van der Waals surface area contributed by atoms with Crippen LogP contribution in [0, 0.1) is 0 Å². The molecule has 0 bridgehead atoms. The summed E-state index contributed by atoms with van der Waals surface area (Å²) >= 11 is 0. The van der Waals surface area contributed by atoms with Crippen molar-refractivity contribution in [2.75, 3.05) is 21.3 Å². The molecule has 0 spiro atoms. The predicted molar refractivity (Wildman–Crippen MR) is 87.6 cm³/mol. The van der Waals surface area contributed by atoms with Gasteiger partial charge in [0.1, 0.15) is 17.6 Å². The van der Waals surface area contributed by atoms with Gasteiger partial charge in [0, 0.05) is 30.5 Å². The molecule has 1 aliphatic heterocycles. The first kappa shape index (κ1) is 15.6. The number of dihydropyridines is 1. The highest BCUT2D eigenvalue weighted by atomic mass is 16.5. The summed E-state index contributed by atoms with van der Waals surface area (Å²) in [7, 11) is 4.91. The third-order valence-corrected chi connectivity index (χ3v) is 4.16. The standard InChI is InChI=1S/C18H21NO4/c1-21-12-6-4-11(5-7-12)14-10-16(20)18-15(19-14)8-13(22-2)9-17(18)23-3/h4-7,9-10,13,16,19-20H,8H2,1-3H3. The molecule has 2 N–H and O–H groups in total. The van der Waals surface area contributed by atoms with Crippen molar-refractivity contribution in [1.82, 2.24) is 5.32 Å². The molecular formula is C18H21NO4. The van der Waals surface area contributed by atoms with E-state index in [0.29, 0.717) is 12.2 Å². The summed E-state index contributed by atoms with van der Waals surface area (Å²) in [5.41, 5.74) is 3.56. The van der Waals surface area contributed by atoms with Crippen LogP contribution >= 0.6 is 0 Å². The van der Waals surface area contributed by atoms with Crippen LogP contribution in [-0.2, 0) is 9.47 Å². The van der Waals surface area contributed by atoms with E-state index >= 15 is 0 Å². The Bertz CT molecular complexity index is 673. The van der Waals surface area contributed by atoms with E-state index in [9.17, 15) is 5.11 Å². The Morgan fingerprint density at radius 1 is 1.04 bits per heavy atom. The van der Waals surface area contributed by atoms with E-state index in [4.69, 9.17) is 14.2 Å². The molecule has 2 atom stereocenters. The minimum absolute atomic E-state index is 0.0707. The Morgan fingerprint density at radius 3 is 2.39 bits per heavy atom. The Balaban J connectivity index is 1.90. The molecule has 5 nitrogen and oxygen atoms in total. The van der Waals surface area contributed by atoms with E-state index in [-0.39, 0.29) is 6.10 Å². The summed E-state index contributed by atoms with van der Waals surface area (Å²) < 4.78 is 16.0. The highest BCUT2D eigenvalue weighted by molar-refractivity contribution is 5.70. The van der Waals surface area contributed by atoms with Gasteiger partial charge in [0.05, 0.1) is 20.3 Å². The summed E-state index contributed by atoms with van der Waals surface area (Å²) in [5.74, 6) is 1.45. The second-order valence-corrected chi connectivity index (χ2v) is 5.48. The average molecular weight is 315 g/mol. The van der Waals surface area contributed by atoms with Gasteiger partial charge < -0.3 is 24.6 Å². The van der Waals surface area contributed by atoms with E-state index in [2.05, 4.69) is 5.32 Å². The van der Waals surface area contributed by atoms with Gasteiger partial charge in [-0.1, -0.05) is 0 Å². The normalized spacial score (nSPS) is 23.5. The van der Waals surface area contributed by atoms with Crippen LogP contribution in [0.25, 0.3) is 5.70 Å².